The van der Waals surface area contributed by atoms with Crippen molar-refractivity contribution < 1.29 is 44.3 Å². The fourth-order valence-electron chi connectivity index (χ4n) is 3.76. The molecule has 1 aliphatic heterocycles. The third-order valence-electron chi connectivity index (χ3n) is 5.52. The van der Waals surface area contributed by atoms with E-state index in [0.717, 1.165) is 10.9 Å². The second kappa shape index (κ2) is 11.1. The standard InChI is InChI=1S/C21H23F6N5O4S/c22-20(23,24)13-37(35,36)31-10-6-14(7-11-31)18(33)28-8-9-29-19(34)16-12-32(15-4-2-1-3-5-15)30-17(16)21(25,26)27/h1-5,12,14H,6-11,13H2,(H,28,33)(H,29,34). The van der Waals surface area contributed by atoms with Crippen molar-refractivity contribution in [2.24, 2.45) is 5.92 Å². The molecule has 1 aromatic heterocycles. The molecular weight excluding hydrogens is 532 g/mol. The molecule has 1 aliphatic rings. The van der Waals surface area contributed by atoms with Gasteiger partial charge >= 0.3 is 12.4 Å². The first-order chi connectivity index (χ1) is 17.2. The number of nitrogens with one attached hydrogen (secondary N) is 2. The lowest BCUT2D eigenvalue weighted by Gasteiger charge is -2.30. The molecule has 37 heavy (non-hydrogen) atoms. The first-order valence-electron chi connectivity index (χ1n) is 11.0. The van der Waals surface area contributed by atoms with Crippen LogP contribution in [0.3, 0.4) is 0 Å². The summed E-state index contributed by atoms with van der Waals surface area (Å²) in [6.45, 7) is -0.847. The number of benzene rings is 1. The average Bonchev–Trinajstić information content (AvgIpc) is 3.27. The third kappa shape index (κ3) is 7.67. The lowest BCUT2D eigenvalue weighted by molar-refractivity contribution is -0.141. The van der Waals surface area contributed by atoms with E-state index in [9.17, 15) is 44.3 Å². The number of carbonyl (C=O) groups excluding carboxylic acids is 2. The summed E-state index contributed by atoms with van der Waals surface area (Å²) in [4.78, 5) is 24.7. The molecule has 1 aromatic carbocycles. The minimum absolute atomic E-state index is 0.00287. The zero-order chi connectivity index (χ0) is 27.4. The van der Waals surface area contributed by atoms with Crippen molar-refractivity contribution >= 4 is 21.8 Å². The van der Waals surface area contributed by atoms with Gasteiger partial charge in [0.1, 0.15) is 0 Å². The van der Waals surface area contributed by atoms with Gasteiger partial charge in [0.15, 0.2) is 11.4 Å². The molecule has 2 aromatic rings. The number of carbonyl (C=O) groups is 2. The van der Waals surface area contributed by atoms with Crippen molar-refractivity contribution in [3.05, 3.63) is 47.8 Å². The van der Waals surface area contributed by atoms with Gasteiger partial charge in [0, 0.05) is 38.3 Å². The minimum Gasteiger partial charge on any atom is -0.354 e. The average molecular weight is 556 g/mol. The summed E-state index contributed by atoms with van der Waals surface area (Å²) in [5, 5.41) is 8.25. The lowest BCUT2D eigenvalue weighted by Crippen LogP contribution is -2.46. The number of hydrogen-bond donors (Lipinski definition) is 2. The van der Waals surface area contributed by atoms with Gasteiger partial charge in [0.2, 0.25) is 15.9 Å². The van der Waals surface area contributed by atoms with Crippen LogP contribution in [0.4, 0.5) is 26.3 Å². The van der Waals surface area contributed by atoms with Crippen molar-refractivity contribution in [2.75, 3.05) is 31.9 Å². The number of halogens is 6. The highest BCUT2D eigenvalue weighted by molar-refractivity contribution is 7.89. The number of nitrogens with zero attached hydrogens (tertiary/aromatic N) is 3. The van der Waals surface area contributed by atoms with Crippen LogP contribution in [0.5, 0.6) is 0 Å². The summed E-state index contributed by atoms with van der Waals surface area (Å²) in [6, 6.07) is 7.88. The molecule has 3 rings (SSSR count). The van der Waals surface area contributed by atoms with E-state index in [4.69, 9.17) is 0 Å². The Morgan fingerprint density at radius 1 is 0.973 bits per heavy atom. The van der Waals surface area contributed by atoms with E-state index in [1.54, 1.807) is 18.2 Å². The maximum atomic E-state index is 13.4. The number of alkyl halides is 6. The molecule has 0 aliphatic carbocycles. The smallest absolute Gasteiger partial charge is 0.354 e. The molecule has 9 nitrogen and oxygen atoms in total. The van der Waals surface area contributed by atoms with E-state index >= 15 is 0 Å². The van der Waals surface area contributed by atoms with Gasteiger partial charge in [-0.3, -0.25) is 9.59 Å². The van der Waals surface area contributed by atoms with Gasteiger partial charge in [-0.25, -0.2) is 17.4 Å². The zero-order valence-corrected chi connectivity index (χ0v) is 20.0. The Kier molecular flexibility index (Phi) is 8.52. The number of para-hydroxylation sites is 1. The van der Waals surface area contributed by atoms with Crippen molar-refractivity contribution in [2.45, 2.75) is 25.2 Å². The molecule has 2 amide bonds. The Labute approximate surface area is 207 Å². The molecule has 0 atom stereocenters. The Balaban J connectivity index is 1.50. The first-order valence-corrected chi connectivity index (χ1v) is 12.6. The highest BCUT2D eigenvalue weighted by Crippen LogP contribution is 2.31. The molecule has 2 N–H and O–H groups in total. The topological polar surface area (TPSA) is 113 Å². The maximum absolute atomic E-state index is 13.4. The third-order valence-corrected chi connectivity index (χ3v) is 7.37. The Morgan fingerprint density at radius 3 is 2.14 bits per heavy atom. The molecule has 204 valence electrons. The number of sulfonamides is 1. The molecule has 0 bridgehead atoms. The highest BCUT2D eigenvalue weighted by Gasteiger charge is 2.41. The molecule has 0 radical (unpaired) electrons. The van der Waals surface area contributed by atoms with Gasteiger partial charge in [-0.1, -0.05) is 18.2 Å². The Bertz CT molecular complexity index is 1210. The predicted octanol–water partition coefficient (Wildman–Crippen LogP) is 2.34. The van der Waals surface area contributed by atoms with Crippen LogP contribution in [0.2, 0.25) is 0 Å². The molecule has 1 saturated heterocycles. The van der Waals surface area contributed by atoms with Crippen molar-refractivity contribution in [3.8, 4) is 5.69 Å². The van der Waals surface area contributed by atoms with Crippen molar-refractivity contribution in [1.29, 1.82) is 0 Å². The number of amides is 2. The van der Waals surface area contributed by atoms with Crippen LogP contribution in [-0.4, -0.2) is 72.4 Å². The molecule has 2 heterocycles. The van der Waals surface area contributed by atoms with E-state index in [2.05, 4.69) is 15.7 Å². The van der Waals surface area contributed by atoms with Crippen LogP contribution in [0.25, 0.3) is 5.69 Å². The molecule has 0 unspecified atom stereocenters. The van der Waals surface area contributed by atoms with Gasteiger partial charge in [0.05, 0.1) is 11.3 Å². The number of rotatable bonds is 8. The number of piperidine rings is 1. The van der Waals surface area contributed by atoms with Gasteiger partial charge in [0.25, 0.3) is 5.91 Å². The van der Waals surface area contributed by atoms with Crippen LogP contribution in [0.15, 0.2) is 36.5 Å². The normalized spacial score (nSPS) is 15.9. The number of aromatic nitrogens is 2. The second-order valence-electron chi connectivity index (χ2n) is 8.26. The lowest BCUT2D eigenvalue weighted by atomic mass is 9.97. The van der Waals surface area contributed by atoms with E-state index < -0.39 is 57.1 Å². The van der Waals surface area contributed by atoms with Crippen LogP contribution < -0.4 is 10.6 Å². The first kappa shape index (κ1) is 28.4. The van der Waals surface area contributed by atoms with Gasteiger partial charge in [-0.15, -0.1) is 0 Å². The van der Waals surface area contributed by atoms with Crippen LogP contribution in [0, 0.1) is 5.92 Å². The summed E-state index contributed by atoms with van der Waals surface area (Å²) >= 11 is 0. The minimum atomic E-state index is -4.89. The van der Waals surface area contributed by atoms with E-state index in [1.807, 2.05) is 0 Å². The predicted molar refractivity (Wildman–Crippen MR) is 118 cm³/mol. The van der Waals surface area contributed by atoms with Crippen molar-refractivity contribution in [1.82, 2.24) is 24.7 Å². The molecule has 1 fully saturated rings. The summed E-state index contributed by atoms with van der Waals surface area (Å²) in [5.41, 5.74) is -1.75. The molecule has 16 heteroatoms. The number of hydrogen-bond acceptors (Lipinski definition) is 5. The highest BCUT2D eigenvalue weighted by atomic mass is 32.2. The SMILES string of the molecule is O=C(NCCNC(=O)C1CCN(S(=O)(=O)CC(F)(F)F)CC1)c1cn(-c2ccccc2)nc1C(F)(F)F. The Morgan fingerprint density at radius 2 is 1.57 bits per heavy atom. The molecule has 0 spiro atoms. The van der Waals surface area contributed by atoms with E-state index in [1.165, 1.54) is 12.1 Å². The summed E-state index contributed by atoms with van der Waals surface area (Å²) in [7, 11) is -4.53. The fraction of sp³-hybridized carbons (Fsp3) is 0.476. The van der Waals surface area contributed by atoms with E-state index in [-0.39, 0.29) is 39.0 Å². The largest absolute Gasteiger partial charge is 0.435 e. The summed E-state index contributed by atoms with van der Waals surface area (Å²) < 4.78 is 103. The second-order valence-corrected chi connectivity index (χ2v) is 10.2. The quantitative estimate of drug-likeness (QED) is 0.384. The summed E-state index contributed by atoms with van der Waals surface area (Å²) in [6.07, 6.45) is -8.81. The van der Waals surface area contributed by atoms with Gasteiger partial charge in [-0.05, 0) is 25.0 Å². The van der Waals surface area contributed by atoms with Crippen LogP contribution in [-0.2, 0) is 21.0 Å². The summed E-state index contributed by atoms with van der Waals surface area (Å²) in [5.74, 6) is -4.19. The van der Waals surface area contributed by atoms with Gasteiger partial charge < -0.3 is 10.6 Å². The van der Waals surface area contributed by atoms with Crippen molar-refractivity contribution in [3.63, 3.8) is 0 Å². The Hall–Kier alpha value is -3.14. The molecule has 0 saturated carbocycles. The van der Waals surface area contributed by atoms with Crippen LogP contribution in [0.1, 0.15) is 28.9 Å². The fourth-order valence-corrected chi connectivity index (χ4v) is 5.12. The maximum Gasteiger partial charge on any atom is 0.435 e. The zero-order valence-electron chi connectivity index (χ0n) is 19.1. The molecular formula is C21H23F6N5O4S. The van der Waals surface area contributed by atoms with E-state index in [0.29, 0.717) is 9.99 Å². The monoisotopic (exact) mass is 555 g/mol. The van der Waals surface area contributed by atoms with Crippen LogP contribution >= 0.6 is 0 Å². The van der Waals surface area contributed by atoms with Gasteiger partial charge in [-0.2, -0.15) is 31.4 Å².